The van der Waals surface area contributed by atoms with Crippen LogP contribution >= 0.6 is 0 Å². The first kappa shape index (κ1) is 30.0. The van der Waals surface area contributed by atoms with Gasteiger partial charge in [0.1, 0.15) is 0 Å². The van der Waals surface area contributed by atoms with Gasteiger partial charge in [0.05, 0.1) is 0 Å². The summed E-state index contributed by atoms with van der Waals surface area (Å²) in [6.07, 6.45) is 3.63. The summed E-state index contributed by atoms with van der Waals surface area (Å²) in [5.74, 6) is 0.584. The third-order valence-corrected chi connectivity index (χ3v) is 9.68. The summed E-state index contributed by atoms with van der Waals surface area (Å²) in [5, 5.41) is 0. The standard InChI is InChI=1S/C33H58/c1-23(2)21-29(8,9)30(10,11)22-31(12,13)33(16,17)27-19-25(28(5,6)7)18-26(20-27)32(14,15)24(3)4/h18-21,24H,22H2,1-17H3. The first-order valence-electron chi connectivity index (χ1n) is 13.2. The Kier molecular flexibility index (Phi) is 8.36. The highest BCUT2D eigenvalue weighted by atomic mass is 14.5. The van der Waals surface area contributed by atoms with Gasteiger partial charge in [-0.25, -0.2) is 0 Å². The van der Waals surface area contributed by atoms with E-state index in [0.717, 1.165) is 6.42 Å². The maximum absolute atomic E-state index is 2.53. The van der Waals surface area contributed by atoms with Crippen molar-refractivity contribution in [2.45, 2.75) is 140 Å². The van der Waals surface area contributed by atoms with E-state index < -0.39 is 0 Å². The van der Waals surface area contributed by atoms with Crippen LogP contribution in [0.4, 0.5) is 0 Å². The van der Waals surface area contributed by atoms with Crippen molar-refractivity contribution in [2.75, 3.05) is 0 Å². The Morgan fingerprint density at radius 1 is 0.667 bits per heavy atom. The largest absolute Gasteiger partial charge is 0.0799 e. The highest BCUT2D eigenvalue weighted by Crippen LogP contribution is 2.54. The molecule has 0 aliphatic heterocycles. The summed E-state index contributed by atoms with van der Waals surface area (Å²) in [5.41, 5.74) is 6.56. The maximum Gasteiger partial charge on any atom is -0.00520 e. The molecular formula is C33H58. The lowest BCUT2D eigenvalue weighted by molar-refractivity contribution is 0.0484. The van der Waals surface area contributed by atoms with Crippen molar-refractivity contribution in [2.24, 2.45) is 22.2 Å². The highest BCUT2D eigenvalue weighted by Gasteiger charge is 2.46. The molecule has 0 aromatic heterocycles. The predicted molar refractivity (Wildman–Crippen MR) is 151 cm³/mol. The van der Waals surface area contributed by atoms with E-state index in [1.807, 2.05) is 0 Å². The van der Waals surface area contributed by atoms with Gasteiger partial charge in [-0.05, 0) is 75.4 Å². The maximum atomic E-state index is 2.53. The highest BCUT2D eigenvalue weighted by molar-refractivity contribution is 5.41. The molecular weight excluding hydrogens is 396 g/mol. The van der Waals surface area contributed by atoms with Crippen LogP contribution in [0.15, 0.2) is 29.8 Å². The lowest BCUT2D eigenvalue weighted by atomic mass is 9.53. The van der Waals surface area contributed by atoms with E-state index in [-0.39, 0.29) is 32.5 Å². The molecule has 0 aliphatic rings. The van der Waals surface area contributed by atoms with E-state index in [2.05, 4.69) is 142 Å². The van der Waals surface area contributed by atoms with Crippen LogP contribution in [0.1, 0.15) is 141 Å². The number of benzene rings is 1. The number of hydrogen-bond donors (Lipinski definition) is 0. The number of hydrogen-bond acceptors (Lipinski definition) is 0. The average Bonchev–Trinajstić information content (AvgIpc) is 2.58. The van der Waals surface area contributed by atoms with Crippen molar-refractivity contribution < 1.29 is 0 Å². The van der Waals surface area contributed by atoms with Crippen LogP contribution in [-0.2, 0) is 16.2 Å². The Labute approximate surface area is 209 Å². The third kappa shape index (κ3) is 6.35. The van der Waals surface area contributed by atoms with Crippen molar-refractivity contribution >= 4 is 0 Å². The van der Waals surface area contributed by atoms with Crippen LogP contribution in [0, 0.1) is 22.2 Å². The van der Waals surface area contributed by atoms with Gasteiger partial charge in [-0.1, -0.05) is 134 Å². The summed E-state index contributed by atoms with van der Waals surface area (Å²) in [6.45, 7) is 40.7. The van der Waals surface area contributed by atoms with Crippen LogP contribution in [0.25, 0.3) is 0 Å². The quantitative estimate of drug-likeness (QED) is 0.342. The minimum atomic E-state index is 0.0361. The lowest BCUT2D eigenvalue weighted by Gasteiger charge is -2.51. The van der Waals surface area contributed by atoms with E-state index in [1.165, 1.54) is 22.3 Å². The molecule has 1 aromatic carbocycles. The molecule has 190 valence electrons. The van der Waals surface area contributed by atoms with E-state index in [9.17, 15) is 0 Å². The van der Waals surface area contributed by atoms with E-state index >= 15 is 0 Å². The van der Waals surface area contributed by atoms with Gasteiger partial charge >= 0.3 is 0 Å². The van der Waals surface area contributed by atoms with E-state index in [1.54, 1.807) is 0 Å². The van der Waals surface area contributed by atoms with Crippen molar-refractivity contribution in [1.82, 2.24) is 0 Å². The predicted octanol–water partition coefficient (Wildman–Crippen LogP) is 10.6. The molecule has 0 saturated heterocycles. The minimum Gasteiger partial charge on any atom is -0.0799 e. The van der Waals surface area contributed by atoms with Crippen LogP contribution in [0.5, 0.6) is 0 Å². The van der Waals surface area contributed by atoms with Gasteiger partial charge in [-0.2, -0.15) is 0 Å². The van der Waals surface area contributed by atoms with Crippen LogP contribution in [-0.4, -0.2) is 0 Å². The summed E-state index contributed by atoms with van der Waals surface area (Å²) in [4.78, 5) is 0. The first-order chi connectivity index (χ1) is 14.4. The molecule has 0 spiro atoms. The van der Waals surface area contributed by atoms with Crippen LogP contribution in [0.3, 0.4) is 0 Å². The third-order valence-electron chi connectivity index (χ3n) is 9.68. The molecule has 1 aromatic rings. The number of rotatable bonds is 8. The minimum absolute atomic E-state index is 0.0361. The zero-order chi connectivity index (χ0) is 26.4. The molecule has 0 atom stereocenters. The summed E-state index contributed by atoms with van der Waals surface area (Å²) in [7, 11) is 0. The van der Waals surface area contributed by atoms with Gasteiger partial charge in [0.25, 0.3) is 0 Å². The van der Waals surface area contributed by atoms with Crippen LogP contribution < -0.4 is 0 Å². The van der Waals surface area contributed by atoms with Gasteiger partial charge in [-0.3, -0.25) is 0 Å². The lowest BCUT2D eigenvalue weighted by Crippen LogP contribution is -2.44. The molecule has 0 aliphatic carbocycles. The van der Waals surface area contributed by atoms with Gasteiger partial charge in [-0.15, -0.1) is 0 Å². The average molecular weight is 455 g/mol. The molecule has 33 heavy (non-hydrogen) atoms. The molecule has 0 bridgehead atoms. The van der Waals surface area contributed by atoms with Crippen molar-refractivity contribution in [1.29, 1.82) is 0 Å². The second-order valence-electron chi connectivity index (χ2n) is 15.4. The molecule has 1 rings (SSSR count). The Bertz CT molecular complexity index is 841. The molecule has 0 unspecified atom stereocenters. The topological polar surface area (TPSA) is 0 Å². The fourth-order valence-electron chi connectivity index (χ4n) is 4.99. The molecule has 0 saturated carbocycles. The van der Waals surface area contributed by atoms with Gasteiger partial charge in [0, 0.05) is 0 Å². The molecule has 0 heterocycles. The molecule has 0 fully saturated rings. The molecule has 0 N–H and O–H groups in total. The van der Waals surface area contributed by atoms with Gasteiger partial charge < -0.3 is 0 Å². The monoisotopic (exact) mass is 454 g/mol. The second-order valence-corrected chi connectivity index (χ2v) is 15.4. The van der Waals surface area contributed by atoms with Crippen molar-refractivity contribution in [3.8, 4) is 0 Å². The van der Waals surface area contributed by atoms with Crippen LogP contribution in [0.2, 0.25) is 0 Å². The summed E-state index contributed by atoms with van der Waals surface area (Å²) >= 11 is 0. The Morgan fingerprint density at radius 2 is 1.09 bits per heavy atom. The first-order valence-corrected chi connectivity index (χ1v) is 13.2. The summed E-state index contributed by atoms with van der Waals surface area (Å²) in [6, 6.07) is 7.52. The van der Waals surface area contributed by atoms with E-state index in [0.29, 0.717) is 5.92 Å². The Hall–Kier alpha value is -1.04. The molecule has 0 nitrogen and oxygen atoms in total. The molecule has 0 radical (unpaired) electrons. The van der Waals surface area contributed by atoms with Gasteiger partial charge in [0.2, 0.25) is 0 Å². The fraction of sp³-hybridized carbons (Fsp3) is 0.758. The molecule has 0 amide bonds. The smallest absolute Gasteiger partial charge is 0.00520 e. The fourth-order valence-corrected chi connectivity index (χ4v) is 4.99. The zero-order valence-corrected chi connectivity index (χ0v) is 25.6. The Morgan fingerprint density at radius 3 is 1.48 bits per heavy atom. The SMILES string of the molecule is CC(C)=CC(C)(C)C(C)(C)CC(C)(C)C(C)(C)c1cc(C(C)(C)C)cc(C(C)(C)C(C)C)c1. The second kappa shape index (κ2) is 9.20. The zero-order valence-electron chi connectivity index (χ0n) is 25.6. The van der Waals surface area contributed by atoms with Crippen molar-refractivity contribution in [3.05, 3.63) is 46.5 Å². The van der Waals surface area contributed by atoms with Gasteiger partial charge in [0.15, 0.2) is 0 Å². The molecule has 0 heteroatoms. The van der Waals surface area contributed by atoms with Crippen molar-refractivity contribution in [3.63, 3.8) is 0 Å². The normalized spacial score (nSPS) is 14.6. The summed E-state index contributed by atoms with van der Waals surface area (Å²) < 4.78 is 0. The number of allylic oxidation sites excluding steroid dienone is 2. The van der Waals surface area contributed by atoms with E-state index in [4.69, 9.17) is 0 Å². The Balaban J connectivity index is 3.67.